The molecule has 2 aromatic heterocycles. The highest BCUT2D eigenvalue weighted by Gasteiger charge is 2.20. The number of aromatic nitrogens is 2. The number of benzene rings is 1. The molecule has 132 valence electrons. The smallest absolute Gasteiger partial charge is 0.243 e. The molecule has 5 heteroatoms. The minimum Gasteiger partial charge on any atom is -0.361 e. The van der Waals surface area contributed by atoms with Crippen LogP contribution in [0.25, 0.3) is 10.9 Å². The summed E-state index contributed by atoms with van der Waals surface area (Å²) in [6, 6.07) is 8.37. The molecule has 0 bridgehead atoms. The van der Waals surface area contributed by atoms with E-state index in [1.165, 1.54) is 12.1 Å². The summed E-state index contributed by atoms with van der Waals surface area (Å²) in [4.78, 5) is 15.8. The van der Waals surface area contributed by atoms with Crippen molar-refractivity contribution in [1.82, 2.24) is 14.9 Å². The van der Waals surface area contributed by atoms with E-state index in [0.717, 1.165) is 22.9 Å². The molecule has 2 N–H and O–H groups in total. The topological polar surface area (TPSA) is 49.8 Å². The standard InChI is InChI=1S/C20H24FN3O/c1-14(2)11-19(24-9-3-4-10-24)20(25)22-8-7-15-13-23-18-6-5-16(21)12-17(15)18/h3-6,9-10,12-14,19,23H,7-8,11H2,1-2H3,(H,22,25)/t19-/m0/s1. The van der Waals surface area contributed by atoms with Crippen LogP contribution in [0.5, 0.6) is 0 Å². The highest BCUT2D eigenvalue weighted by Crippen LogP contribution is 2.20. The SMILES string of the molecule is CC(C)C[C@@H](C(=O)NCCc1c[nH]c2ccc(F)cc12)n1cccc1. The molecule has 0 radical (unpaired) electrons. The number of hydrogen-bond acceptors (Lipinski definition) is 1. The summed E-state index contributed by atoms with van der Waals surface area (Å²) in [6.45, 7) is 4.76. The maximum absolute atomic E-state index is 13.4. The first-order valence-corrected chi connectivity index (χ1v) is 8.70. The minimum atomic E-state index is -0.248. The Kier molecular flexibility index (Phi) is 5.22. The van der Waals surface area contributed by atoms with Gasteiger partial charge in [-0.05, 0) is 54.7 Å². The van der Waals surface area contributed by atoms with Crippen molar-refractivity contribution < 1.29 is 9.18 Å². The van der Waals surface area contributed by atoms with Crippen LogP contribution in [0.1, 0.15) is 31.9 Å². The van der Waals surface area contributed by atoms with Crippen LogP contribution in [-0.4, -0.2) is 22.0 Å². The molecule has 0 fully saturated rings. The Morgan fingerprint density at radius 2 is 2.04 bits per heavy atom. The molecule has 3 rings (SSSR count). The molecule has 0 saturated carbocycles. The second-order valence-electron chi connectivity index (χ2n) is 6.82. The van der Waals surface area contributed by atoms with Crippen molar-refractivity contribution in [2.24, 2.45) is 5.92 Å². The quantitative estimate of drug-likeness (QED) is 0.669. The molecule has 0 aliphatic rings. The number of aromatic amines is 1. The monoisotopic (exact) mass is 341 g/mol. The van der Waals surface area contributed by atoms with Gasteiger partial charge in [0.2, 0.25) is 5.91 Å². The van der Waals surface area contributed by atoms with Crippen molar-refractivity contribution in [3.8, 4) is 0 Å². The Balaban J connectivity index is 1.63. The van der Waals surface area contributed by atoms with Crippen molar-refractivity contribution in [2.45, 2.75) is 32.7 Å². The maximum Gasteiger partial charge on any atom is 0.243 e. The molecule has 1 atom stereocenters. The van der Waals surface area contributed by atoms with E-state index < -0.39 is 0 Å². The van der Waals surface area contributed by atoms with Gasteiger partial charge >= 0.3 is 0 Å². The second kappa shape index (κ2) is 7.55. The molecule has 0 unspecified atom stereocenters. The third-order valence-electron chi connectivity index (χ3n) is 4.41. The largest absolute Gasteiger partial charge is 0.361 e. The first-order chi connectivity index (χ1) is 12.0. The number of carbonyl (C=O) groups is 1. The molecule has 0 saturated heterocycles. The highest BCUT2D eigenvalue weighted by atomic mass is 19.1. The Morgan fingerprint density at radius 1 is 1.28 bits per heavy atom. The lowest BCUT2D eigenvalue weighted by Crippen LogP contribution is -2.34. The number of hydrogen-bond donors (Lipinski definition) is 2. The lowest BCUT2D eigenvalue weighted by molar-refractivity contribution is -0.124. The van der Waals surface area contributed by atoms with Gasteiger partial charge in [0.05, 0.1) is 0 Å². The fraction of sp³-hybridized carbons (Fsp3) is 0.350. The number of nitrogens with zero attached hydrogens (tertiary/aromatic N) is 1. The van der Waals surface area contributed by atoms with Crippen LogP contribution in [0.2, 0.25) is 0 Å². The van der Waals surface area contributed by atoms with Crippen molar-refractivity contribution in [1.29, 1.82) is 0 Å². The van der Waals surface area contributed by atoms with Crippen LogP contribution >= 0.6 is 0 Å². The molecular weight excluding hydrogens is 317 g/mol. The van der Waals surface area contributed by atoms with Crippen molar-refractivity contribution in [3.63, 3.8) is 0 Å². The van der Waals surface area contributed by atoms with Crippen molar-refractivity contribution >= 4 is 16.8 Å². The Hall–Kier alpha value is -2.56. The van der Waals surface area contributed by atoms with Gasteiger partial charge in [-0.1, -0.05) is 13.8 Å². The predicted octanol–water partition coefficient (Wildman–Crippen LogP) is 4.05. The minimum absolute atomic E-state index is 0.0240. The summed E-state index contributed by atoms with van der Waals surface area (Å²) in [7, 11) is 0. The van der Waals surface area contributed by atoms with Crippen LogP contribution in [0.15, 0.2) is 48.9 Å². The fourth-order valence-electron chi connectivity index (χ4n) is 3.16. The lowest BCUT2D eigenvalue weighted by Gasteiger charge is -2.20. The van der Waals surface area contributed by atoms with Gasteiger partial charge in [-0.3, -0.25) is 4.79 Å². The maximum atomic E-state index is 13.4. The van der Waals surface area contributed by atoms with E-state index in [1.807, 2.05) is 35.3 Å². The summed E-state index contributed by atoms with van der Waals surface area (Å²) in [5, 5.41) is 3.90. The zero-order valence-corrected chi connectivity index (χ0v) is 14.6. The van der Waals surface area contributed by atoms with Gasteiger partial charge in [-0.25, -0.2) is 4.39 Å². The van der Waals surface area contributed by atoms with Gasteiger partial charge in [0.1, 0.15) is 11.9 Å². The molecule has 1 aromatic carbocycles. The molecule has 0 aliphatic heterocycles. The van der Waals surface area contributed by atoms with Gasteiger partial charge in [-0.15, -0.1) is 0 Å². The van der Waals surface area contributed by atoms with Crippen molar-refractivity contribution in [2.75, 3.05) is 6.54 Å². The highest BCUT2D eigenvalue weighted by molar-refractivity contribution is 5.83. The number of carbonyl (C=O) groups excluding carboxylic acids is 1. The number of H-pyrrole nitrogens is 1. The first kappa shape index (κ1) is 17.3. The number of fused-ring (bicyclic) bond motifs is 1. The average molecular weight is 341 g/mol. The second-order valence-corrected chi connectivity index (χ2v) is 6.82. The van der Waals surface area contributed by atoms with Crippen LogP contribution in [0.3, 0.4) is 0 Å². The van der Waals surface area contributed by atoms with Crippen LogP contribution in [0.4, 0.5) is 4.39 Å². The van der Waals surface area contributed by atoms with Crippen molar-refractivity contribution in [3.05, 3.63) is 60.3 Å². The van der Waals surface area contributed by atoms with Gasteiger partial charge < -0.3 is 14.9 Å². The Labute approximate surface area is 147 Å². The summed E-state index contributed by atoms with van der Waals surface area (Å²) in [5.74, 6) is 0.202. The van der Waals surface area contributed by atoms with E-state index >= 15 is 0 Å². The molecular formula is C20H24FN3O. The predicted molar refractivity (Wildman–Crippen MR) is 97.9 cm³/mol. The number of nitrogens with one attached hydrogen (secondary N) is 2. The van der Waals surface area contributed by atoms with Gasteiger partial charge in [-0.2, -0.15) is 0 Å². The number of halogens is 1. The normalized spacial score (nSPS) is 12.6. The van der Waals surface area contributed by atoms with E-state index in [-0.39, 0.29) is 17.8 Å². The molecule has 1 amide bonds. The third kappa shape index (κ3) is 4.10. The van der Waals surface area contributed by atoms with E-state index in [9.17, 15) is 9.18 Å². The Bertz CT molecular complexity index is 836. The zero-order chi connectivity index (χ0) is 17.8. The fourth-order valence-corrected chi connectivity index (χ4v) is 3.16. The van der Waals surface area contributed by atoms with E-state index in [2.05, 4.69) is 24.1 Å². The van der Waals surface area contributed by atoms with Crippen LogP contribution < -0.4 is 5.32 Å². The van der Waals surface area contributed by atoms with E-state index in [4.69, 9.17) is 0 Å². The van der Waals surface area contributed by atoms with E-state index in [1.54, 1.807) is 6.07 Å². The average Bonchev–Trinajstić information content (AvgIpc) is 3.22. The first-order valence-electron chi connectivity index (χ1n) is 8.70. The summed E-state index contributed by atoms with van der Waals surface area (Å²) < 4.78 is 15.4. The summed E-state index contributed by atoms with van der Waals surface area (Å²) in [5.41, 5.74) is 1.92. The lowest BCUT2D eigenvalue weighted by atomic mass is 10.0. The number of rotatable bonds is 7. The van der Waals surface area contributed by atoms with Gasteiger partial charge in [0, 0.05) is 36.0 Å². The Morgan fingerprint density at radius 3 is 2.76 bits per heavy atom. The molecule has 0 spiro atoms. The van der Waals surface area contributed by atoms with E-state index in [0.29, 0.717) is 18.9 Å². The van der Waals surface area contributed by atoms with Gasteiger partial charge in [0.15, 0.2) is 0 Å². The molecule has 0 aliphatic carbocycles. The number of amides is 1. The molecule has 2 heterocycles. The summed E-state index contributed by atoms with van der Waals surface area (Å²) in [6.07, 6.45) is 7.19. The van der Waals surface area contributed by atoms with Crippen LogP contribution in [0, 0.1) is 11.7 Å². The van der Waals surface area contributed by atoms with Gasteiger partial charge in [0.25, 0.3) is 0 Å². The zero-order valence-electron chi connectivity index (χ0n) is 14.6. The molecule has 4 nitrogen and oxygen atoms in total. The third-order valence-corrected chi connectivity index (χ3v) is 4.41. The molecule has 25 heavy (non-hydrogen) atoms. The summed E-state index contributed by atoms with van der Waals surface area (Å²) >= 11 is 0. The van der Waals surface area contributed by atoms with Crippen LogP contribution in [-0.2, 0) is 11.2 Å². The molecule has 3 aromatic rings.